The Morgan fingerprint density at radius 1 is 0.741 bits per heavy atom. The van der Waals surface area contributed by atoms with Crippen LogP contribution in [0.15, 0.2) is 0 Å². The van der Waals surface area contributed by atoms with E-state index in [9.17, 15) is 35.7 Å². The third kappa shape index (κ3) is 5.50. The van der Waals surface area contributed by atoms with Crippen LogP contribution in [0.25, 0.3) is 0 Å². The second-order valence-corrected chi connectivity index (χ2v) is 20.8. The van der Waals surface area contributed by atoms with E-state index < -0.39 is 73.3 Å². The molecular weight excluding hydrogens is 700 g/mol. The Kier molecular flexibility index (Phi) is 9.69. The van der Waals surface area contributed by atoms with Gasteiger partial charge in [0.05, 0.1) is 31.0 Å². The average molecular weight is 769 g/mol. The minimum atomic E-state index is -1.69. The highest BCUT2D eigenvalue weighted by atomic mass is 16.8. The van der Waals surface area contributed by atoms with Crippen molar-refractivity contribution in [1.29, 1.82) is 0 Å². The van der Waals surface area contributed by atoms with Crippen LogP contribution in [0, 0.1) is 45.3 Å². The lowest BCUT2D eigenvalue weighted by atomic mass is 9.35. The van der Waals surface area contributed by atoms with E-state index in [0.29, 0.717) is 24.2 Å². The summed E-state index contributed by atoms with van der Waals surface area (Å²) in [5, 5.41) is 74.4. The molecule has 0 unspecified atom stereocenters. The lowest BCUT2D eigenvalue weighted by Crippen LogP contribution is -2.68. The summed E-state index contributed by atoms with van der Waals surface area (Å²) in [5.41, 5.74) is -1.72. The number of aliphatic hydroxyl groups is 7. The summed E-state index contributed by atoms with van der Waals surface area (Å²) in [5.74, 6) is 0.347. The van der Waals surface area contributed by atoms with E-state index in [1.165, 1.54) is 0 Å². The molecule has 0 radical (unpaired) electrons. The van der Waals surface area contributed by atoms with Crippen LogP contribution < -0.4 is 0 Å². The third-order valence-corrected chi connectivity index (χ3v) is 17.6. The first-order valence-corrected chi connectivity index (χ1v) is 20.8. The standard InChI is InChI=1S/C41H68O13/c1-35(2)24-10-14-38(6)25(17-22-27-20(9-13-39(27,38)7)40(8)15-16-41(53-22,54-40)36(3,4)48)37(24,5)12-11-26(35)51-34-32(28(44)21(43)19-49-34)52-33-31(47)30(46)29(45)23(18-42)50-33/h20-34,42-48H,9-19H2,1-8H3/t20-,21-,22-,23-,24-,25-,26+,27+,28+,29-,30+,31-,32-,33+,34+,37+,38-,39-,40+,41+/m1/s1. The van der Waals surface area contributed by atoms with Crippen LogP contribution in [0.4, 0.5) is 0 Å². The van der Waals surface area contributed by atoms with Crippen LogP contribution in [0.2, 0.25) is 0 Å². The molecule has 8 fully saturated rings. The van der Waals surface area contributed by atoms with Crippen LogP contribution >= 0.6 is 0 Å². The SMILES string of the molecule is CC1(C)[C@@H](O[C@@H]2OC[C@@H](O)[C@H](O)[C@H]2O[C@@H]2O[C@H](CO)[C@@H](O)[C@H](O)[C@H]2O)CC[C@@]2(C)[C@@H]1CC[C@]1(C)[C@@H]2C[C@H]2O[C@@]3(C(C)(C)O)CC[C@](C)(O3)[C@@H]3CC[C@]1(C)[C@@H]32. The Hall–Kier alpha value is -0.520. The summed E-state index contributed by atoms with van der Waals surface area (Å²) in [4.78, 5) is 0. The molecule has 13 nitrogen and oxygen atoms in total. The minimum Gasteiger partial charge on any atom is -0.394 e. The fourth-order valence-electron chi connectivity index (χ4n) is 14.3. The molecule has 7 N–H and O–H groups in total. The van der Waals surface area contributed by atoms with Gasteiger partial charge in [-0.2, -0.15) is 0 Å². The summed E-state index contributed by atoms with van der Waals surface area (Å²) in [6.45, 7) is 17.3. The van der Waals surface area contributed by atoms with Crippen LogP contribution in [-0.4, -0.2) is 133 Å². The van der Waals surface area contributed by atoms with Gasteiger partial charge in [-0.05, 0) is 117 Å². The van der Waals surface area contributed by atoms with E-state index in [0.717, 1.165) is 51.4 Å². The van der Waals surface area contributed by atoms with Gasteiger partial charge in [0.1, 0.15) is 48.3 Å². The van der Waals surface area contributed by atoms with Gasteiger partial charge in [0.15, 0.2) is 18.4 Å². The Balaban J connectivity index is 1.06. The van der Waals surface area contributed by atoms with Crippen molar-refractivity contribution >= 4 is 0 Å². The Morgan fingerprint density at radius 3 is 2.13 bits per heavy atom. The largest absolute Gasteiger partial charge is 0.394 e. The van der Waals surface area contributed by atoms with Crippen LogP contribution in [0.5, 0.6) is 0 Å². The Labute approximate surface area is 320 Å². The predicted molar refractivity (Wildman–Crippen MR) is 192 cm³/mol. The van der Waals surface area contributed by atoms with Gasteiger partial charge in [-0.1, -0.05) is 34.6 Å². The normalized spacial score (nSPS) is 58.2. The molecular formula is C41H68O13. The monoisotopic (exact) mass is 768 g/mol. The van der Waals surface area contributed by atoms with Crippen molar-refractivity contribution < 1.29 is 64.2 Å². The van der Waals surface area contributed by atoms with Gasteiger partial charge >= 0.3 is 0 Å². The molecule has 20 atom stereocenters. The molecule has 4 aliphatic heterocycles. The topological polar surface area (TPSA) is 197 Å². The van der Waals surface area contributed by atoms with Gasteiger partial charge in [-0.3, -0.25) is 0 Å². The molecule has 8 rings (SSSR count). The molecule has 0 aromatic carbocycles. The molecule has 2 bridgehead atoms. The molecule has 0 spiro atoms. The van der Waals surface area contributed by atoms with E-state index in [1.54, 1.807) is 0 Å². The van der Waals surface area contributed by atoms with Crippen LogP contribution in [0.1, 0.15) is 113 Å². The second kappa shape index (κ2) is 13.0. The molecule has 0 amide bonds. The van der Waals surface area contributed by atoms with Crippen molar-refractivity contribution in [2.75, 3.05) is 13.2 Å². The number of hydrogen-bond acceptors (Lipinski definition) is 13. The van der Waals surface area contributed by atoms with Gasteiger partial charge in [0.25, 0.3) is 0 Å². The van der Waals surface area contributed by atoms with Crippen LogP contribution in [0.3, 0.4) is 0 Å². The maximum absolute atomic E-state index is 11.6. The molecule has 0 aromatic rings. The third-order valence-electron chi connectivity index (χ3n) is 17.6. The maximum Gasteiger partial charge on any atom is 0.197 e. The highest BCUT2D eigenvalue weighted by Crippen LogP contribution is 2.78. The van der Waals surface area contributed by atoms with Gasteiger partial charge in [0.2, 0.25) is 0 Å². The van der Waals surface area contributed by atoms with Gasteiger partial charge < -0.3 is 64.2 Å². The first-order valence-electron chi connectivity index (χ1n) is 20.8. The van der Waals surface area contributed by atoms with E-state index in [-0.39, 0.29) is 52.0 Å². The highest BCUT2D eigenvalue weighted by molar-refractivity contribution is 5.22. The fourth-order valence-corrected chi connectivity index (χ4v) is 14.3. The molecule has 4 aliphatic carbocycles. The minimum absolute atomic E-state index is 0.0225. The summed E-state index contributed by atoms with van der Waals surface area (Å²) < 4.78 is 38.6. The lowest BCUT2D eigenvalue weighted by molar-refractivity contribution is -0.368. The van der Waals surface area contributed by atoms with E-state index in [1.807, 2.05) is 13.8 Å². The zero-order valence-electron chi connectivity index (χ0n) is 33.5. The van der Waals surface area contributed by atoms with Crippen molar-refractivity contribution in [1.82, 2.24) is 0 Å². The van der Waals surface area contributed by atoms with Crippen molar-refractivity contribution in [3.05, 3.63) is 0 Å². The van der Waals surface area contributed by atoms with Gasteiger partial charge in [-0.15, -0.1) is 0 Å². The number of fused-ring (bicyclic) bond motifs is 7. The smallest absolute Gasteiger partial charge is 0.197 e. The predicted octanol–water partition coefficient (Wildman–Crippen LogP) is 2.36. The zero-order valence-corrected chi connectivity index (χ0v) is 33.5. The van der Waals surface area contributed by atoms with Crippen LogP contribution in [-0.2, 0) is 28.4 Å². The molecule has 54 heavy (non-hydrogen) atoms. The summed E-state index contributed by atoms with van der Waals surface area (Å²) in [6.07, 6.45) is -4.65. The molecule has 0 aromatic heterocycles. The van der Waals surface area contributed by atoms with E-state index >= 15 is 0 Å². The number of hydrogen-bond donors (Lipinski definition) is 7. The first-order chi connectivity index (χ1) is 25.1. The Bertz CT molecular complexity index is 1420. The number of aliphatic hydroxyl groups excluding tert-OH is 6. The molecule has 310 valence electrons. The lowest BCUT2D eigenvalue weighted by Gasteiger charge is -2.71. The quantitative estimate of drug-likeness (QED) is 0.195. The first kappa shape index (κ1) is 40.3. The summed E-state index contributed by atoms with van der Waals surface area (Å²) >= 11 is 0. The number of ether oxygens (including phenoxy) is 6. The second-order valence-electron chi connectivity index (χ2n) is 20.8. The zero-order chi connectivity index (χ0) is 39.2. The Morgan fingerprint density at radius 2 is 1.44 bits per heavy atom. The van der Waals surface area contributed by atoms with Crippen molar-refractivity contribution in [2.45, 2.75) is 198 Å². The summed E-state index contributed by atoms with van der Waals surface area (Å²) in [6, 6.07) is 0. The van der Waals surface area contributed by atoms with Gasteiger partial charge in [0, 0.05) is 6.42 Å². The molecule has 4 heterocycles. The van der Waals surface area contributed by atoms with Crippen molar-refractivity contribution in [3.63, 3.8) is 0 Å². The van der Waals surface area contributed by atoms with Gasteiger partial charge in [-0.25, -0.2) is 0 Å². The summed E-state index contributed by atoms with van der Waals surface area (Å²) in [7, 11) is 0. The molecule has 4 saturated carbocycles. The van der Waals surface area contributed by atoms with Crippen molar-refractivity contribution in [2.24, 2.45) is 45.3 Å². The fraction of sp³-hybridized carbons (Fsp3) is 1.00. The number of rotatable bonds is 6. The maximum atomic E-state index is 11.6. The van der Waals surface area contributed by atoms with Crippen molar-refractivity contribution in [3.8, 4) is 0 Å². The highest BCUT2D eigenvalue weighted by Gasteiger charge is 2.75. The molecule has 13 heteroatoms. The molecule has 4 saturated heterocycles. The average Bonchev–Trinajstić information content (AvgIpc) is 3.62. The van der Waals surface area contributed by atoms with E-state index in [4.69, 9.17) is 28.4 Å². The molecule has 8 aliphatic rings. The van der Waals surface area contributed by atoms with E-state index in [2.05, 4.69) is 41.5 Å².